The van der Waals surface area contributed by atoms with Crippen LogP contribution in [0.2, 0.25) is 0 Å². The van der Waals surface area contributed by atoms with Crippen LogP contribution in [0, 0.1) is 6.92 Å². The van der Waals surface area contributed by atoms with Crippen molar-refractivity contribution in [1.82, 2.24) is 4.98 Å². The van der Waals surface area contributed by atoms with Crippen LogP contribution in [0.5, 0.6) is 0 Å². The molecule has 0 aliphatic heterocycles. The van der Waals surface area contributed by atoms with Crippen molar-refractivity contribution in [3.8, 4) is 0 Å². The number of fused-ring (bicyclic) bond motifs is 1. The van der Waals surface area contributed by atoms with Crippen molar-refractivity contribution in [2.75, 3.05) is 0 Å². The number of carbonyl (C=O) groups is 2. The Kier molecular flexibility index (Phi) is 3.79. The molecule has 5 nitrogen and oxygen atoms in total. The highest BCUT2D eigenvalue weighted by molar-refractivity contribution is 6.20. The van der Waals surface area contributed by atoms with E-state index in [1.807, 2.05) is 26.8 Å². The van der Waals surface area contributed by atoms with Crippen LogP contribution in [0.25, 0.3) is 10.9 Å². The molecule has 0 saturated carbocycles. The van der Waals surface area contributed by atoms with Gasteiger partial charge in [-0.15, -0.1) is 0 Å². The third kappa shape index (κ3) is 2.85. The number of benzene rings is 1. The minimum absolute atomic E-state index is 0.234. The van der Waals surface area contributed by atoms with E-state index in [4.69, 9.17) is 9.15 Å². The zero-order valence-electron chi connectivity index (χ0n) is 14.1. The molecule has 24 heavy (non-hydrogen) atoms. The lowest BCUT2D eigenvalue weighted by atomic mass is 10.0. The molecule has 0 aliphatic carbocycles. The second-order valence-corrected chi connectivity index (χ2v) is 6.66. The number of ether oxygens (including phenoxy) is 1. The summed E-state index contributed by atoms with van der Waals surface area (Å²) in [6.45, 7) is 7.22. The van der Waals surface area contributed by atoms with Gasteiger partial charge in [-0.05, 0) is 52.0 Å². The fourth-order valence-corrected chi connectivity index (χ4v) is 2.70. The Morgan fingerprint density at radius 2 is 1.88 bits per heavy atom. The molecule has 124 valence electrons. The SMILES string of the molecule is Cc1[nH]c2cccc(C(=O)OC(C)(C)C)c2c1C(=O)c1ccco1. The first-order valence-corrected chi connectivity index (χ1v) is 7.71. The Hall–Kier alpha value is -2.82. The van der Waals surface area contributed by atoms with Crippen LogP contribution in [0.3, 0.4) is 0 Å². The quantitative estimate of drug-likeness (QED) is 0.577. The number of furan rings is 1. The fourth-order valence-electron chi connectivity index (χ4n) is 2.70. The number of aryl methyl sites for hydroxylation is 1. The highest BCUT2D eigenvalue weighted by Gasteiger charge is 2.26. The molecule has 0 spiro atoms. The standard InChI is InChI=1S/C19H19NO4/c1-11-15(17(21)14-9-6-10-23-14)16-12(7-5-8-13(16)20-11)18(22)24-19(2,3)4/h5-10,20H,1-4H3. The van der Waals surface area contributed by atoms with Crippen molar-refractivity contribution in [2.24, 2.45) is 0 Å². The molecule has 0 amide bonds. The molecule has 3 aromatic rings. The summed E-state index contributed by atoms with van der Waals surface area (Å²) in [6.07, 6.45) is 1.45. The molecule has 0 bridgehead atoms. The Morgan fingerprint density at radius 1 is 1.12 bits per heavy atom. The number of aromatic amines is 1. The van der Waals surface area contributed by atoms with Crippen molar-refractivity contribution < 1.29 is 18.7 Å². The van der Waals surface area contributed by atoms with Crippen molar-refractivity contribution in [2.45, 2.75) is 33.3 Å². The molecule has 0 atom stereocenters. The minimum atomic E-state index is -0.615. The lowest BCUT2D eigenvalue weighted by Crippen LogP contribution is -2.24. The average molecular weight is 325 g/mol. The molecule has 2 aromatic heterocycles. The van der Waals surface area contributed by atoms with Gasteiger partial charge in [0.25, 0.3) is 0 Å². The molecular formula is C19H19NO4. The van der Waals surface area contributed by atoms with Gasteiger partial charge in [0.2, 0.25) is 5.78 Å². The maximum absolute atomic E-state index is 12.8. The predicted molar refractivity (Wildman–Crippen MR) is 90.3 cm³/mol. The molecule has 0 saturated heterocycles. The van der Waals surface area contributed by atoms with E-state index < -0.39 is 11.6 Å². The van der Waals surface area contributed by atoms with Crippen LogP contribution < -0.4 is 0 Å². The first-order valence-electron chi connectivity index (χ1n) is 7.71. The van der Waals surface area contributed by atoms with Gasteiger partial charge >= 0.3 is 5.97 Å². The molecule has 0 unspecified atom stereocenters. The Labute approximate surface area is 139 Å². The first-order chi connectivity index (χ1) is 11.3. The number of esters is 1. The van der Waals surface area contributed by atoms with Gasteiger partial charge in [0, 0.05) is 16.6 Å². The summed E-state index contributed by atoms with van der Waals surface area (Å²) < 4.78 is 10.7. The molecule has 1 N–H and O–H groups in total. The van der Waals surface area contributed by atoms with E-state index >= 15 is 0 Å². The molecule has 0 fully saturated rings. The smallest absolute Gasteiger partial charge is 0.339 e. The van der Waals surface area contributed by atoms with Crippen molar-refractivity contribution >= 4 is 22.7 Å². The Balaban J connectivity index is 2.18. The van der Waals surface area contributed by atoms with Crippen LogP contribution in [-0.4, -0.2) is 22.3 Å². The van der Waals surface area contributed by atoms with Gasteiger partial charge in [-0.1, -0.05) is 6.07 Å². The molecule has 5 heteroatoms. The number of rotatable bonds is 3. The highest BCUT2D eigenvalue weighted by atomic mass is 16.6. The average Bonchev–Trinajstić information content (AvgIpc) is 3.10. The van der Waals surface area contributed by atoms with E-state index in [9.17, 15) is 9.59 Å². The van der Waals surface area contributed by atoms with Crippen molar-refractivity contribution in [3.05, 3.63) is 59.2 Å². The predicted octanol–water partition coefficient (Wildman–Crippen LogP) is 4.26. The molecule has 1 aromatic carbocycles. The topological polar surface area (TPSA) is 72.3 Å². The number of hydrogen-bond donors (Lipinski definition) is 1. The van der Waals surface area contributed by atoms with E-state index in [2.05, 4.69) is 4.98 Å². The summed E-state index contributed by atoms with van der Waals surface area (Å²) in [4.78, 5) is 28.5. The van der Waals surface area contributed by atoms with Gasteiger partial charge in [-0.2, -0.15) is 0 Å². The monoisotopic (exact) mass is 325 g/mol. The first kappa shape index (κ1) is 16.1. The van der Waals surface area contributed by atoms with Crippen molar-refractivity contribution in [3.63, 3.8) is 0 Å². The summed E-state index contributed by atoms with van der Waals surface area (Å²) in [5, 5.41) is 0.561. The van der Waals surface area contributed by atoms with Crippen LogP contribution in [0.4, 0.5) is 0 Å². The van der Waals surface area contributed by atoms with Crippen LogP contribution >= 0.6 is 0 Å². The number of carbonyl (C=O) groups excluding carboxylic acids is 2. The van der Waals surface area contributed by atoms with Crippen molar-refractivity contribution in [1.29, 1.82) is 0 Å². The summed E-state index contributed by atoms with van der Waals surface area (Å²) in [7, 11) is 0. The highest BCUT2D eigenvalue weighted by Crippen LogP contribution is 2.29. The van der Waals surface area contributed by atoms with E-state index in [1.165, 1.54) is 6.26 Å². The van der Waals surface area contributed by atoms with Crippen LogP contribution in [0.1, 0.15) is 52.9 Å². The second kappa shape index (κ2) is 5.67. The van der Waals surface area contributed by atoms with Crippen LogP contribution in [0.15, 0.2) is 41.0 Å². The lowest BCUT2D eigenvalue weighted by molar-refractivity contribution is 0.00718. The molecule has 0 aliphatic rings. The molecule has 3 rings (SSSR count). The van der Waals surface area contributed by atoms with Gasteiger partial charge < -0.3 is 14.1 Å². The summed E-state index contributed by atoms with van der Waals surface area (Å²) >= 11 is 0. The normalized spacial score (nSPS) is 11.7. The third-order valence-electron chi connectivity index (χ3n) is 3.60. The number of nitrogens with one attached hydrogen (secondary N) is 1. The van der Waals surface area contributed by atoms with Gasteiger partial charge in [-0.25, -0.2) is 4.79 Å². The summed E-state index contributed by atoms with van der Waals surface area (Å²) in [5.41, 5.74) is 1.58. The second-order valence-electron chi connectivity index (χ2n) is 6.66. The zero-order valence-corrected chi connectivity index (χ0v) is 14.1. The maximum atomic E-state index is 12.8. The van der Waals surface area contributed by atoms with Gasteiger partial charge in [0.15, 0.2) is 5.76 Å². The van der Waals surface area contributed by atoms with E-state index in [0.717, 1.165) is 0 Å². The Morgan fingerprint density at radius 3 is 2.50 bits per heavy atom. The maximum Gasteiger partial charge on any atom is 0.339 e. The Bertz CT molecular complexity index is 911. The fraction of sp³-hybridized carbons (Fsp3) is 0.263. The van der Waals surface area contributed by atoms with E-state index in [1.54, 1.807) is 31.2 Å². The van der Waals surface area contributed by atoms with Gasteiger partial charge in [-0.3, -0.25) is 4.79 Å². The largest absolute Gasteiger partial charge is 0.461 e. The third-order valence-corrected chi connectivity index (χ3v) is 3.60. The lowest BCUT2D eigenvalue weighted by Gasteiger charge is -2.19. The summed E-state index contributed by atoms with van der Waals surface area (Å²) in [5.74, 6) is -0.488. The number of ketones is 1. The summed E-state index contributed by atoms with van der Waals surface area (Å²) in [6, 6.07) is 8.53. The van der Waals surface area contributed by atoms with Gasteiger partial charge in [0.05, 0.1) is 17.4 Å². The molecule has 0 radical (unpaired) electrons. The number of H-pyrrole nitrogens is 1. The van der Waals surface area contributed by atoms with E-state index in [0.29, 0.717) is 27.7 Å². The molecule has 2 heterocycles. The number of aromatic nitrogens is 1. The minimum Gasteiger partial charge on any atom is -0.461 e. The van der Waals surface area contributed by atoms with Crippen LogP contribution in [-0.2, 0) is 4.74 Å². The molecular weight excluding hydrogens is 306 g/mol. The van der Waals surface area contributed by atoms with Gasteiger partial charge in [0.1, 0.15) is 5.60 Å². The van der Waals surface area contributed by atoms with E-state index in [-0.39, 0.29) is 11.5 Å². The number of hydrogen-bond acceptors (Lipinski definition) is 4. The zero-order chi connectivity index (χ0) is 17.5.